The van der Waals surface area contributed by atoms with Gasteiger partial charge in [-0.2, -0.15) is 10.4 Å². The van der Waals surface area contributed by atoms with Crippen LogP contribution in [0.2, 0.25) is 0 Å². The number of anilines is 2. The summed E-state index contributed by atoms with van der Waals surface area (Å²) in [5.41, 5.74) is 4.73. The van der Waals surface area contributed by atoms with E-state index in [4.69, 9.17) is 0 Å². The molecule has 18 nitrogen and oxygen atoms in total. The predicted molar refractivity (Wildman–Crippen MR) is 230 cm³/mol. The van der Waals surface area contributed by atoms with Crippen molar-refractivity contribution in [3.05, 3.63) is 89.7 Å². The minimum atomic E-state index is -4.69. The summed E-state index contributed by atoms with van der Waals surface area (Å²) in [6.07, 6.45) is 5.37. The molecule has 3 saturated heterocycles. The summed E-state index contributed by atoms with van der Waals surface area (Å²) in [5.74, 6) is -4.61. The Hall–Kier alpha value is -5.63. The van der Waals surface area contributed by atoms with Crippen LogP contribution in [0.1, 0.15) is 52.0 Å². The van der Waals surface area contributed by atoms with Gasteiger partial charge in [-0.25, -0.2) is 22.2 Å². The average molecular weight is 922 g/mol. The predicted octanol–water partition coefficient (Wildman–Crippen LogP) is -0.251. The molecule has 0 radical (unpaired) electrons. The molecule has 0 unspecified atom stereocenters. The van der Waals surface area contributed by atoms with Gasteiger partial charge in [-0.1, -0.05) is 18.2 Å². The van der Waals surface area contributed by atoms with Crippen molar-refractivity contribution in [2.45, 2.75) is 48.6 Å². The Morgan fingerprint density at radius 2 is 1.80 bits per heavy atom. The van der Waals surface area contributed by atoms with Crippen LogP contribution in [0.3, 0.4) is 0 Å². The molecule has 3 aliphatic rings. The van der Waals surface area contributed by atoms with Crippen molar-refractivity contribution < 1.29 is 70.5 Å². The molecule has 65 heavy (non-hydrogen) atoms. The number of carbonyl (C=O) groups is 4. The Balaban J connectivity index is 0.00000700. The molecule has 0 aliphatic carbocycles. The van der Waals surface area contributed by atoms with Crippen LogP contribution in [0, 0.1) is 11.3 Å². The molecule has 22 heteroatoms. The summed E-state index contributed by atoms with van der Waals surface area (Å²) in [6, 6.07) is 15.7. The van der Waals surface area contributed by atoms with Crippen molar-refractivity contribution >= 4 is 62.4 Å². The number of aromatic nitrogens is 2. The number of rotatable bonds is 14. The number of amides is 4. The van der Waals surface area contributed by atoms with Gasteiger partial charge in [0.1, 0.15) is 28.0 Å². The number of nitrogens with zero attached hydrogens (tertiary/aromatic N) is 9. The number of fused-ring (bicyclic) bond motifs is 1. The van der Waals surface area contributed by atoms with E-state index in [1.165, 1.54) is 48.9 Å². The van der Waals surface area contributed by atoms with Crippen LogP contribution >= 0.6 is 0 Å². The number of hydrogen-bond donors (Lipinski definition) is 2. The van der Waals surface area contributed by atoms with Gasteiger partial charge in [-0.15, -0.1) is 0 Å². The maximum absolute atomic E-state index is 13.9. The minimum absolute atomic E-state index is 0. The fourth-order valence-electron chi connectivity index (χ4n) is 8.18. The summed E-state index contributed by atoms with van der Waals surface area (Å²) in [4.78, 5) is 69.9. The molecule has 5 heterocycles. The summed E-state index contributed by atoms with van der Waals surface area (Å²) in [6.45, 7) is 2.91. The molecule has 0 bridgehead atoms. The number of nitriles is 1. The maximum atomic E-state index is 13.9. The average Bonchev–Trinajstić information content (AvgIpc) is 3.91. The first-order chi connectivity index (χ1) is 30.6. The molecule has 2 aromatic heterocycles. The second-order valence-electron chi connectivity index (χ2n) is 15.9. The van der Waals surface area contributed by atoms with Gasteiger partial charge in [0.15, 0.2) is 0 Å². The van der Waals surface area contributed by atoms with Crippen molar-refractivity contribution in [3.8, 4) is 6.07 Å². The largest absolute Gasteiger partial charge is 1.00 e. The van der Waals surface area contributed by atoms with E-state index in [-0.39, 0.29) is 58.3 Å². The van der Waals surface area contributed by atoms with Gasteiger partial charge in [0.05, 0.1) is 46.9 Å². The number of benzene rings is 2. The summed E-state index contributed by atoms with van der Waals surface area (Å²) in [5, 5.41) is 16.3. The molecular formula is C43H46F2N11NaO7S. The van der Waals surface area contributed by atoms with Crippen LogP contribution < -0.4 is 45.2 Å². The number of hydrogen-bond acceptors (Lipinski definition) is 14. The van der Waals surface area contributed by atoms with Gasteiger partial charge in [0, 0.05) is 81.8 Å². The number of carbonyl (C=O) groups excluding carboxylic acids is 4. The standard InChI is InChI=1S/C43H47F2N11O7S.Na/c1-52(31-10-11-35-34(22-31)33(13-14-47-35)40(58)49-27-39(57)56-28-43(44,45)23-32(56)24-46)15-5-16-53-18-20-54(21-19-53)42(60)36-7-4-17-55(36)41(59)30-9-12-38(48-25-30)51-50-26-29-6-2-3-8-37(29)64(61,62)63;/h2-3,6,8-14,22,25-26,32,36H,4-5,7,15-21,23,27-28H2,1H3,(H,48,51)(H,49,58)(H,61,62,63);/q;+1/p-1/b50-26+;/t32-,36-;/m0./s1. The van der Waals surface area contributed by atoms with E-state index in [0.29, 0.717) is 68.6 Å². The molecule has 2 aromatic carbocycles. The first kappa shape index (κ1) is 48.8. The second kappa shape index (κ2) is 21.1. The monoisotopic (exact) mass is 921 g/mol. The normalized spacial score (nSPS) is 18.6. The molecule has 4 aromatic rings. The zero-order valence-electron chi connectivity index (χ0n) is 35.9. The van der Waals surface area contributed by atoms with Crippen molar-refractivity contribution in [1.82, 2.24) is 34.9 Å². The molecule has 2 atom stereocenters. The van der Waals surface area contributed by atoms with Crippen molar-refractivity contribution in [1.29, 1.82) is 5.26 Å². The van der Waals surface area contributed by atoms with Crippen molar-refractivity contribution in [2.75, 3.05) is 76.3 Å². The minimum Gasteiger partial charge on any atom is -0.744 e. The molecule has 7 rings (SSSR count). The number of likely N-dealkylation sites (tertiary alicyclic amines) is 2. The Labute approximate surface area is 396 Å². The van der Waals surface area contributed by atoms with E-state index in [1.54, 1.807) is 29.2 Å². The van der Waals surface area contributed by atoms with Gasteiger partial charge in [-0.05, 0) is 68.3 Å². The first-order valence-electron chi connectivity index (χ1n) is 20.7. The smallest absolute Gasteiger partial charge is 0.744 e. The number of alkyl halides is 2. The van der Waals surface area contributed by atoms with Crippen LogP contribution in [0.25, 0.3) is 10.9 Å². The van der Waals surface area contributed by atoms with Crippen LogP contribution in [-0.4, -0.2) is 156 Å². The van der Waals surface area contributed by atoms with E-state index in [1.807, 2.05) is 24.1 Å². The topological polar surface area (TPSA) is 228 Å². The quantitative estimate of drug-likeness (QED) is 0.0721. The molecule has 4 amide bonds. The third-order valence-electron chi connectivity index (χ3n) is 11.6. The fraction of sp³-hybridized carbons (Fsp3) is 0.395. The summed E-state index contributed by atoms with van der Waals surface area (Å²) >= 11 is 0. The Kier molecular flexibility index (Phi) is 15.9. The zero-order valence-corrected chi connectivity index (χ0v) is 38.7. The Morgan fingerprint density at radius 3 is 2.52 bits per heavy atom. The van der Waals surface area contributed by atoms with Gasteiger partial charge in [0.2, 0.25) is 11.8 Å². The third kappa shape index (κ3) is 11.8. The fourth-order valence-corrected chi connectivity index (χ4v) is 8.84. The second-order valence-corrected chi connectivity index (χ2v) is 17.2. The van der Waals surface area contributed by atoms with E-state index in [2.05, 4.69) is 35.6 Å². The summed E-state index contributed by atoms with van der Waals surface area (Å²) < 4.78 is 62.3. The van der Waals surface area contributed by atoms with Gasteiger partial charge < -0.3 is 29.5 Å². The molecule has 2 N–H and O–H groups in total. The van der Waals surface area contributed by atoms with Crippen LogP contribution in [0.5, 0.6) is 0 Å². The molecule has 3 fully saturated rings. The zero-order chi connectivity index (χ0) is 45.6. The Bertz CT molecular complexity index is 2590. The van der Waals surface area contributed by atoms with E-state index >= 15 is 0 Å². The van der Waals surface area contributed by atoms with Crippen LogP contribution in [0.4, 0.5) is 20.3 Å². The molecule has 0 saturated carbocycles. The van der Waals surface area contributed by atoms with Crippen molar-refractivity contribution in [3.63, 3.8) is 0 Å². The number of pyridine rings is 2. The molecular weight excluding hydrogens is 876 g/mol. The summed E-state index contributed by atoms with van der Waals surface area (Å²) in [7, 11) is -2.75. The van der Waals surface area contributed by atoms with Crippen LogP contribution in [-0.2, 0) is 19.7 Å². The maximum Gasteiger partial charge on any atom is 1.00 e. The number of nitrogens with one attached hydrogen (secondary N) is 2. The molecule has 336 valence electrons. The van der Waals surface area contributed by atoms with Gasteiger partial charge in [-0.3, -0.25) is 34.5 Å². The number of halogens is 2. The van der Waals surface area contributed by atoms with Crippen molar-refractivity contribution in [2.24, 2.45) is 5.10 Å². The first-order valence-corrected chi connectivity index (χ1v) is 22.1. The van der Waals surface area contributed by atoms with E-state index in [9.17, 15) is 46.2 Å². The van der Waals surface area contributed by atoms with E-state index < -0.39 is 64.3 Å². The molecule has 3 aliphatic heterocycles. The number of hydrazone groups is 1. The number of piperazine rings is 1. The van der Waals surface area contributed by atoms with Gasteiger partial charge >= 0.3 is 29.6 Å². The third-order valence-corrected chi connectivity index (χ3v) is 12.5. The van der Waals surface area contributed by atoms with Gasteiger partial charge in [0.25, 0.3) is 17.7 Å². The molecule has 0 spiro atoms. The SMILES string of the molecule is CN(CCCN1CCN(C(=O)[C@@H]2CCCN2C(=O)c2ccc(N/N=C/c3ccccc3S(=O)(=O)[O-])nc2)CC1)c1ccc2nccc(C(=O)NCC(=O)N3CC(F)(F)C[C@H]3C#N)c2c1.[Na+]. The van der Waals surface area contributed by atoms with E-state index in [0.717, 1.165) is 23.6 Å². The van der Waals surface area contributed by atoms with Crippen LogP contribution in [0.15, 0.2) is 83.1 Å². The Morgan fingerprint density at radius 1 is 1.03 bits per heavy atom.